The average Bonchev–Trinajstić information content (AvgIpc) is 3.02. The normalized spacial score (nSPS) is 16.7. The predicted octanol–water partition coefficient (Wildman–Crippen LogP) is 3.08. The molecule has 1 fully saturated rings. The van der Waals surface area contributed by atoms with E-state index in [9.17, 15) is 9.59 Å². The SMILES string of the molecule is CN(C)c1ccc(CNC(=O)[C@H]2CCN(c3ccc(Cl)cc3)C2=O)cc1. The number of benzene rings is 2. The fourth-order valence-corrected chi connectivity index (χ4v) is 3.15. The highest BCUT2D eigenvalue weighted by atomic mass is 35.5. The lowest BCUT2D eigenvalue weighted by molar-refractivity contribution is -0.132. The van der Waals surface area contributed by atoms with Gasteiger partial charge >= 0.3 is 0 Å². The molecule has 2 aromatic rings. The summed E-state index contributed by atoms with van der Waals surface area (Å²) in [5.74, 6) is -1.01. The maximum absolute atomic E-state index is 12.6. The number of anilines is 2. The molecule has 5 nitrogen and oxygen atoms in total. The Morgan fingerprint density at radius 1 is 1.15 bits per heavy atom. The molecule has 1 heterocycles. The quantitative estimate of drug-likeness (QED) is 0.822. The molecule has 2 amide bonds. The van der Waals surface area contributed by atoms with Crippen molar-refractivity contribution in [3.8, 4) is 0 Å². The summed E-state index contributed by atoms with van der Waals surface area (Å²) in [4.78, 5) is 28.7. The number of nitrogens with zero attached hydrogens (tertiary/aromatic N) is 2. The van der Waals surface area contributed by atoms with Crippen molar-refractivity contribution in [2.75, 3.05) is 30.4 Å². The number of hydrogen-bond acceptors (Lipinski definition) is 3. The van der Waals surface area contributed by atoms with Crippen LogP contribution in [0.1, 0.15) is 12.0 Å². The molecule has 1 saturated heterocycles. The molecule has 1 aliphatic rings. The van der Waals surface area contributed by atoms with Gasteiger partial charge in [0, 0.05) is 43.6 Å². The van der Waals surface area contributed by atoms with E-state index in [0.717, 1.165) is 16.9 Å². The lowest BCUT2D eigenvalue weighted by Gasteiger charge is -2.17. The van der Waals surface area contributed by atoms with Gasteiger partial charge < -0.3 is 15.1 Å². The molecule has 26 heavy (non-hydrogen) atoms. The molecule has 1 N–H and O–H groups in total. The smallest absolute Gasteiger partial charge is 0.239 e. The standard InChI is InChI=1S/C20H22ClN3O2/c1-23(2)16-7-3-14(4-8-16)13-22-19(25)18-11-12-24(20(18)26)17-9-5-15(21)6-10-17/h3-10,18H,11-13H2,1-2H3,(H,22,25)/t18-/m1/s1. The van der Waals surface area contributed by atoms with Crippen molar-refractivity contribution >= 4 is 34.8 Å². The van der Waals surface area contributed by atoms with Crippen molar-refractivity contribution in [2.24, 2.45) is 5.92 Å². The van der Waals surface area contributed by atoms with Gasteiger partial charge in [-0.2, -0.15) is 0 Å². The maximum atomic E-state index is 12.6. The van der Waals surface area contributed by atoms with Crippen molar-refractivity contribution in [3.63, 3.8) is 0 Å². The lowest BCUT2D eigenvalue weighted by Crippen LogP contribution is -2.36. The molecule has 2 aromatic carbocycles. The first kappa shape index (κ1) is 18.3. The monoisotopic (exact) mass is 371 g/mol. The number of rotatable bonds is 5. The summed E-state index contributed by atoms with van der Waals surface area (Å²) in [5.41, 5.74) is 2.88. The van der Waals surface area contributed by atoms with Crippen LogP contribution in [-0.4, -0.2) is 32.5 Å². The zero-order chi connectivity index (χ0) is 18.7. The number of carbonyl (C=O) groups is 2. The Morgan fingerprint density at radius 2 is 1.81 bits per heavy atom. The van der Waals surface area contributed by atoms with E-state index in [4.69, 9.17) is 11.6 Å². The minimum atomic E-state index is -0.633. The van der Waals surface area contributed by atoms with Crippen LogP contribution in [0.3, 0.4) is 0 Å². The fourth-order valence-electron chi connectivity index (χ4n) is 3.02. The summed E-state index contributed by atoms with van der Waals surface area (Å²) < 4.78 is 0. The van der Waals surface area contributed by atoms with Crippen LogP contribution in [0, 0.1) is 5.92 Å². The van der Waals surface area contributed by atoms with E-state index in [0.29, 0.717) is 24.5 Å². The first-order chi connectivity index (χ1) is 12.5. The molecule has 6 heteroatoms. The Hall–Kier alpha value is -2.53. The Labute approximate surface area is 158 Å². The van der Waals surface area contributed by atoms with Crippen molar-refractivity contribution in [2.45, 2.75) is 13.0 Å². The highest BCUT2D eigenvalue weighted by Crippen LogP contribution is 2.26. The van der Waals surface area contributed by atoms with E-state index in [1.165, 1.54) is 0 Å². The molecule has 1 aliphatic heterocycles. The molecule has 136 valence electrons. The molecule has 0 spiro atoms. The number of carbonyl (C=O) groups excluding carboxylic acids is 2. The Kier molecular flexibility index (Phi) is 5.47. The zero-order valence-corrected chi connectivity index (χ0v) is 15.7. The number of amides is 2. The van der Waals surface area contributed by atoms with Crippen molar-refractivity contribution in [1.29, 1.82) is 0 Å². The number of nitrogens with one attached hydrogen (secondary N) is 1. The maximum Gasteiger partial charge on any atom is 0.239 e. The topological polar surface area (TPSA) is 52.7 Å². The second-order valence-corrected chi connectivity index (χ2v) is 7.02. The van der Waals surface area contributed by atoms with Gasteiger partial charge in [0.25, 0.3) is 0 Å². The summed E-state index contributed by atoms with van der Waals surface area (Å²) in [5, 5.41) is 3.50. The molecule has 3 rings (SSSR count). The minimum Gasteiger partial charge on any atom is -0.378 e. The summed E-state index contributed by atoms with van der Waals surface area (Å²) in [6.45, 7) is 0.952. The molecule has 0 aliphatic carbocycles. The van der Waals surface area contributed by atoms with Crippen LogP contribution in [-0.2, 0) is 16.1 Å². The van der Waals surface area contributed by atoms with Crippen LogP contribution in [0.2, 0.25) is 5.02 Å². The van der Waals surface area contributed by atoms with E-state index in [2.05, 4.69) is 5.32 Å². The Bertz CT molecular complexity index is 788. The third-order valence-corrected chi connectivity index (χ3v) is 4.83. The van der Waals surface area contributed by atoms with Gasteiger partial charge in [-0.25, -0.2) is 0 Å². The van der Waals surface area contributed by atoms with E-state index in [1.54, 1.807) is 29.2 Å². The van der Waals surface area contributed by atoms with E-state index < -0.39 is 5.92 Å². The van der Waals surface area contributed by atoms with E-state index in [-0.39, 0.29) is 11.8 Å². The first-order valence-electron chi connectivity index (χ1n) is 8.56. The minimum absolute atomic E-state index is 0.159. The molecular formula is C20H22ClN3O2. The van der Waals surface area contributed by atoms with Gasteiger partial charge in [0.1, 0.15) is 5.92 Å². The highest BCUT2D eigenvalue weighted by Gasteiger charge is 2.37. The summed E-state index contributed by atoms with van der Waals surface area (Å²) in [6.07, 6.45) is 0.521. The Morgan fingerprint density at radius 3 is 2.42 bits per heavy atom. The number of hydrogen-bond donors (Lipinski definition) is 1. The van der Waals surface area contributed by atoms with Gasteiger partial charge in [0.2, 0.25) is 11.8 Å². The molecule has 0 aromatic heterocycles. The van der Waals surface area contributed by atoms with Crippen LogP contribution < -0.4 is 15.1 Å². The first-order valence-corrected chi connectivity index (χ1v) is 8.94. The lowest BCUT2D eigenvalue weighted by atomic mass is 10.1. The second kappa shape index (κ2) is 7.79. The van der Waals surface area contributed by atoms with Crippen molar-refractivity contribution in [1.82, 2.24) is 5.32 Å². The van der Waals surface area contributed by atoms with Gasteiger partial charge in [0.05, 0.1) is 0 Å². The van der Waals surface area contributed by atoms with Gasteiger partial charge in [-0.05, 0) is 48.4 Å². The third-order valence-electron chi connectivity index (χ3n) is 4.58. The molecule has 1 atom stereocenters. The van der Waals surface area contributed by atoms with Crippen molar-refractivity contribution in [3.05, 3.63) is 59.1 Å². The fraction of sp³-hybridized carbons (Fsp3) is 0.300. The zero-order valence-electron chi connectivity index (χ0n) is 14.9. The molecule has 0 radical (unpaired) electrons. The molecular weight excluding hydrogens is 350 g/mol. The highest BCUT2D eigenvalue weighted by molar-refractivity contribution is 6.30. The van der Waals surface area contributed by atoms with Gasteiger partial charge in [-0.15, -0.1) is 0 Å². The Balaban J connectivity index is 1.58. The van der Waals surface area contributed by atoms with Gasteiger partial charge in [-0.3, -0.25) is 9.59 Å². The van der Waals surface area contributed by atoms with Crippen LogP contribution in [0.25, 0.3) is 0 Å². The van der Waals surface area contributed by atoms with Crippen LogP contribution >= 0.6 is 11.6 Å². The van der Waals surface area contributed by atoms with Crippen molar-refractivity contribution < 1.29 is 9.59 Å². The largest absolute Gasteiger partial charge is 0.378 e. The second-order valence-electron chi connectivity index (χ2n) is 6.59. The summed E-state index contributed by atoms with van der Waals surface area (Å²) in [6, 6.07) is 15.1. The molecule has 0 saturated carbocycles. The van der Waals surface area contributed by atoms with E-state index in [1.807, 2.05) is 43.3 Å². The molecule has 0 bridgehead atoms. The predicted molar refractivity (Wildman–Crippen MR) is 105 cm³/mol. The van der Waals surface area contributed by atoms with Crippen LogP contribution in [0.15, 0.2) is 48.5 Å². The van der Waals surface area contributed by atoms with E-state index >= 15 is 0 Å². The third kappa shape index (κ3) is 3.99. The summed E-state index contributed by atoms with van der Waals surface area (Å²) >= 11 is 5.89. The van der Waals surface area contributed by atoms with Gasteiger partial charge in [0.15, 0.2) is 0 Å². The average molecular weight is 372 g/mol. The van der Waals surface area contributed by atoms with Gasteiger partial charge in [-0.1, -0.05) is 23.7 Å². The number of halogens is 1. The summed E-state index contributed by atoms with van der Waals surface area (Å²) in [7, 11) is 3.96. The van der Waals surface area contributed by atoms with Crippen LogP contribution in [0.5, 0.6) is 0 Å². The van der Waals surface area contributed by atoms with Crippen LogP contribution in [0.4, 0.5) is 11.4 Å². The molecule has 0 unspecified atom stereocenters.